The predicted octanol–water partition coefficient (Wildman–Crippen LogP) is 5.89. The first kappa shape index (κ1) is 33.3. The maximum atomic E-state index is 14.3. The number of nitrogens with zero attached hydrogens (tertiary/aromatic N) is 5. The van der Waals surface area contributed by atoms with Crippen molar-refractivity contribution >= 4 is 28.9 Å². The minimum atomic E-state index is -4.64. The number of carbonyl (C=O) groups excluding carboxylic acids is 1. The number of halogens is 3. The average molecular weight is 674 g/mol. The number of likely N-dealkylation sites (tertiary alicyclic amines) is 1. The average Bonchev–Trinajstić information content (AvgIpc) is 3.83. The van der Waals surface area contributed by atoms with Gasteiger partial charge in [0, 0.05) is 42.5 Å². The van der Waals surface area contributed by atoms with Crippen LogP contribution in [0.4, 0.5) is 19.0 Å². The fourth-order valence-corrected chi connectivity index (χ4v) is 7.67. The van der Waals surface area contributed by atoms with E-state index in [1.165, 1.54) is 29.8 Å². The van der Waals surface area contributed by atoms with Gasteiger partial charge < -0.3 is 19.5 Å². The lowest BCUT2D eigenvalue weighted by Gasteiger charge is -2.30. The van der Waals surface area contributed by atoms with E-state index in [0.29, 0.717) is 73.6 Å². The first-order chi connectivity index (χ1) is 22.6. The Labute approximate surface area is 274 Å². The summed E-state index contributed by atoms with van der Waals surface area (Å²) in [5, 5.41) is 9.74. The van der Waals surface area contributed by atoms with Crippen LogP contribution in [0.1, 0.15) is 71.4 Å². The summed E-state index contributed by atoms with van der Waals surface area (Å²) in [6.07, 6.45) is 2.44. The highest BCUT2D eigenvalue weighted by Gasteiger charge is 2.36. The van der Waals surface area contributed by atoms with E-state index in [-0.39, 0.29) is 36.2 Å². The fourth-order valence-electron chi connectivity index (χ4n) is 6.56. The molecule has 5 heterocycles. The second-order valence-electron chi connectivity index (χ2n) is 12.3. The van der Waals surface area contributed by atoms with Gasteiger partial charge in [-0.1, -0.05) is 6.92 Å². The van der Waals surface area contributed by atoms with Crippen LogP contribution in [0.2, 0.25) is 0 Å². The van der Waals surface area contributed by atoms with Crippen molar-refractivity contribution in [3.63, 3.8) is 0 Å². The van der Waals surface area contributed by atoms with Crippen LogP contribution in [0.3, 0.4) is 0 Å². The van der Waals surface area contributed by atoms with E-state index >= 15 is 0 Å². The molecule has 2 atom stereocenters. The molecule has 1 aromatic carbocycles. The maximum Gasteiger partial charge on any atom is 0.419 e. The summed E-state index contributed by atoms with van der Waals surface area (Å²) in [6, 6.07) is 4.44. The van der Waals surface area contributed by atoms with Crippen LogP contribution in [0, 0.1) is 5.92 Å². The minimum Gasteiger partial charge on any atom is -0.487 e. The van der Waals surface area contributed by atoms with E-state index in [1.807, 2.05) is 4.90 Å². The number of hydrogen-bond acceptors (Lipinski definition) is 10. The minimum absolute atomic E-state index is 0.0676. The van der Waals surface area contributed by atoms with E-state index in [4.69, 9.17) is 14.5 Å². The van der Waals surface area contributed by atoms with Crippen molar-refractivity contribution in [2.75, 3.05) is 37.7 Å². The Morgan fingerprint density at radius 1 is 1.11 bits per heavy atom. The van der Waals surface area contributed by atoms with E-state index in [9.17, 15) is 27.9 Å². The molecule has 3 aromatic rings. The third kappa shape index (κ3) is 7.76. The summed E-state index contributed by atoms with van der Waals surface area (Å²) in [5.41, 5.74) is 0.0517. The highest BCUT2D eigenvalue weighted by Crippen LogP contribution is 2.41. The molecule has 3 fully saturated rings. The zero-order valence-electron chi connectivity index (χ0n) is 26.2. The molecule has 3 saturated heterocycles. The molecule has 0 saturated carbocycles. The standard InChI is InChI=1S/C33H38F3N5O5S/c1-2-22-4-3-10-41(22)18-28-31(21-5-6-27(24(14-21)33(34,35)36)46-23-9-13-45-19-23)39-30(47-28)15-26(42)25-16-38-29(17-37-25)40-11-7-20(8-12-40)32(43)44/h5-6,14,16-17,20,22-23H,2-4,7-13,15,18-19H2,1H3,(H,43,44)/t22-,23-/m1/s1. The van der Waals surface area contributed by atoms with Gasteiger partial charge in [0.15, 0.2) is 5.78 Å². The van der Waals surface area contributed by atoms with Gasteiger partial charge in [0.2, 0.25) is 0 Å². The van der Waals surface area contributed by atoms with Crippen molar-refractivity contribution in [1.82, 2.24) is 19.9 Å². The number of carbonyl (C=O) groups is 2. The van der Waals surface area contributed by atoms with Crippen molar-refractivity contribution in [3.8, 4) is 17.0 Å². The lowest BCUT2D eigenvalue weighted by Crippen LogP contribution is -2.36. The third-order valence-corrected chi connectivity index (χ3v) is 10.2. The first-order valence-corrected chi connectivity index (χ1v) is 16.9. The van der Waals surface area contributed by atoms with Gasteiger partial charge in [0.05, 0.1) is 49.2 Å². The van der Waals surface area contributed by atoms with Crippen LogP contribution in [-0.4, -0.2) is 81.7 Å². The molecule has 2 aromatic heterocycles. The molecule has 3 aliphatic heterocycles. The molecule has 0 spiro atoms. The number of benzene rings is 1. The number of anilines is 1. The molecule has 0 amide bonds. The van der Waals surface area contributed by atoms with Gasteiger partial charge in [-0.2, -0.15) is 13.2 Å². The Balaban J connectivity index is 1.24. The number of alkyl halides is 3. The van der Waals surface area contributed by atoms with Gasteiger partial charge in [-0.3, -0.25) is 14.5 Å². The molecule has 0 bridgehead atoms. The quantitative estimate of drug-likeness (QED) is 0.247. The smallest absolute Gasteiger partial charge is 0.419 e. The lowest BCUT2D eigenvalue weighted by molar-refractivity contribution is -0.142. The van der Waals surface area contributed by atoms with Crippen LogP contribution < -0.4 is 9.64 Å². The summed E-state index contributed by atoms with van der Waals surface area (Å²) in [5.74, 6) is -1.12. The predicted molar refractivity (Wildman–Crippen MR) is 169 cm³/mol. The molecule has 1 N–H and O–H groups in total. The molecule has 0 aliphatic carbocycles. The summed E-state index contributed by atoms with van der Waals surface area (Å²) in [7, 11) is 0. The summed E-state index contributed by atoms with van der Waals surface area (Å²) >= 11 is 1.34. The molecule has 6 rings (SSSR count). The van der Waals surface area contributed by atoms with Gasteiger partial charge in [-0.15, -0.1) is 11.3 Å². The Morgan fingerprint density at radius 2 is 1.91 bits per heavy atom. The van der Waals surface area contributed by atoms with Crippen LogP contribution in [0.25, 0.3) is 11.3 Å². The van der Waals surface area contributed by atoms with Gasteiger partial charge >= 0.3 is 12.1 Å². The number of aromatic nitrogens is 3. The third-order valence-electron chi connectivity index (χ3n) is 9.20. The highest BCUT2D eigenvalue weighted by atomic mass is 32.1. The Hall–Kier alpha value is -3.62. The summed E-state index contributed by atoms with van der Waals surface area (Å²) in [4.78, 5) is 43.2. The van der Waals surface area contributed by atoms with Crippen LogP contribution in [0.15, 0.2) is 30.6 Å². The number of carboxylic acid groups (broad SMARTS) is 1. The maximum absolute atomic E-state index is 14.3. The van der Waals surface area contributed by atoms with E-state index in [0.717, 1.165) is 36.8 Å². The highest BCUT2D eigenvalue weighted by molar-refractivity contribution is 7.12. The molecule has 0 radical (unpaired) electrons. The molecular weight excluding hydrogens is 635 g/mol. The molecule has 14 heteroatoms. The number of hydrogen-bond donors (Lipinski definition) is 1. The number of rotatable bonds is 11. The normalized spacial score (nSPS) is 21.0. The zero-order chi connectivity index (χ0) is 33.1. The van der Waals surface area contributed by atoms with Crippen LogP contribution in [-0.2, 0) is 28.7 Å². The summed E-state index contributed by atoms with van der Waals surface area (Å²) < 4.78 is 53.8. The van der Waals surface area contributed by atoms with Gasteiger partial charge in [-0.05, 0) is 56.8 Å². The topological polar surface area (TPSA) is 118 Å². The number of ether oxygens (including phenoxy) is 2. The van der Waals surface area contributed by atoms with E-state index in [2.05, 4.69) is 21.8 Å². The van der Waals surface area contributed by atoms with Crippen molar-refractivity contribution in [2.45, 2.75) is 76.7 Å². The largest absolute Gasteiger partial charge is 0.487 e. The van der Waals surface area contributed by atoms with Crippen LogP contribution in [0.5, 0.6) is 5.75 Å². The molecule has 47 heavy (non-hydrogen) atoms. The van der Waals surface area contributed by atoms with Gasteiger partial charge in [0.1, 0.15) is 28.4 Å². The van der Waals surface area contributed by atoms with E-state index < -0.39 is 23.8 Å². The summed E-state index contributed by atoms with van der Waals surface area (Å²) in [6.45, 7) is 5.34. The number of ketones is 1. The number of aliphatic carboxylic acids is 1. The van der Waals surface area contributed by atoms with Gasteiger partial charge in [0.25, 0.3) is 0 Å². The van der Waals surface area contributed by atoms with Crippen LogP contribution >= 0.6 is 11.3 Å². The Kier molecular flexibility index (Phi) is 10.1. The Bertz CT molecular complexity index is 1570. The number of thiazole rings is 1. The SMILES string of the molecule is CC[C@@H]1CCCN1Cc1sc(CC(=O)c2cnc(N3CCC(C(=O)O)CC3)cn2)nc1-c1ccc(O[C@@H]2CCOC2)c(C(F)(F)F)c1. The number of carboxylic acids is 1. The number of Topliss-reactive ketones (excluding diaryl/α,β-unsaturated/α-hetero) is 1. The first-order valence-electron chi connectivity index (χ1n) is 16.1. The monoisotopic (exact) mass is 673 g/mol. The van der Waals surface area contributed by atoms with Gasteiger partial charge in [-0.25, -0.2) is 15.0 Å². The molecule has 10 nitrogen and oxygen atoms in total. The second kappa shape index (κ2) is 14.2. The second-order valence-corrected chi connectivity index (χ2v) is 13.5. The lowest BCUT2D eigenvalue weighted by atomic mass is 9.97. The molecule has 252 valence electrons. The van der Waals surface area contributed by atoms with Crippen molar-refractivity contribution in [3.05, 3.63) is 51.7 Å². The van der Waals surface area contributed by atoms with Crippen molar-refractivity contribution in [2.24, 2.45) is 5.92 Å². The zero-order valence-corrected chi connectivity index (χ0v) is 27.0. The van der Waals surface area contributed by atoms with Crippen molar-refractivity contribution < 1.29 is 37.3 Å². The molecular formula is C33H38F3N5O5S. The van der Waals surface area contributed by atoms with Crippen molar-refractivity contribution in [1.29, 1.82) is 0 Å². The Morgan fingerprint density at radius 3 is 2.57 bits per heavy atom. The molecule has 0 unspecified atom stereocenters. The number of piperidine rings is 1. The fraction of sp³-hybridized carbons (Fsp3) is 0.545. The van der Waals surface area contributed by atoms with E-state index in [1.54, 1.807) is 6.07 Å². The molecule has 3 aliphatic rings.